The third-order valence-electron chi connectivity index (χ3n) is 2.25. The van der Waals surface area contributed by atoms with Crippen molar-refractivity contribution in [1.29, 1.82) is 0 Å². The van der Waals surface area contributed by atoms with Crippen molar-refractivity contribution >= 4 is 11.5 Å². The van der Waals surface area contributed by atoms with Crippen molar-refractivity contribution in [3.05, 3.63) is 22.2 Å². The highest BCUT2D eigenvalue weighted by molar-refractivity contribution is 5.53. The molecule has 6 nitrogen and oxygen atoms in total. The molecule has 0 aliphatic carbocycles. The molecule has 0 bridgehead atoms. The number of ether oxygens (including phenoxy) is 1. The summed E-state index contributed by atoms with van der Waals surface area (Å²) in [7, 11) is 0. The lowest BCUT2D eigenvalue weighted by Crippen LogP contribution is -2.04. The molecule has 1 aromatic rings. The molecule has 0 radical (unpaired) electrons. The number of pyridine rings is 1. The maximum Gasteiger partial charge on any atom is 0.311 e. The number of nitro groups is 1. The molecule has 0 unspecified atom stereocenters. The quantitative estimate of drug-likeness (QED) is 0.467. The second kappa shape index (κ2) is 6.03. The minimum atomic E-state index is -0.565. The predicted molar refractivity (Wildman–Crippen MR) is 64.9 cm³/mol. The van der Waals surface area contributed by atoms with Crippen LogP contribution in [0.5, 0.6) is 5.88 Å². The molecule has 94 valence electrons. The Hall–Kier alpha value is -1.85. The van der Waals surface area contributed by atoms with Crippen molar-refractivity contribution in [1.82, 2.24) is 4.98 Å². The minimum Gasteiger partial charge on any atom is -0.478 e. The van der Waals surface area contributed by atoms with Gasteiger partial charge in [-0.3, -0.25) is 10.1 Å². The Bertz CT molecular complexity index is 394. The molecule has 1 rings (SSSR count). The van der Waals surface area contributed by atoms with E-state index in [9.17, 15) is 10.1 Å². The molecule has 0 fully saturated rings. The molecule has 0 saturated heterocycles. The van der Waals surface area contributed by atoms with Crippen molar-refractivity contribution in [3.63, 3.8) is 0 Å². The fraction of sp³-hybridized carbons (Fsp3) is 0.545. The zero-order valence-corrected chi connectivity index (χ0v) is 10.0. The van der Waals surface area contributed by atoms with Crippen LogP contribution in [0.4, 0.5) is 11.5 Å². The molecule has 0 aliphatic rings. The Morgan fingerprint density at radius 3 is 2.76 bits per heavy atom. The van der Waals surface area contributed by atoms with Gasteiger partial charge in [0.1, 0.15) is 0 Å². The predicted octanol–water partition coefficient (Wildman–Crippen LogP) is 2.39. The van der Waals surface area contributed by atoms with Gasteiger partial charge in [-0.15, -0.1) is 0 Å². The summed E-state index contributed by atoms with van der Waals surface area (Å²) in [6, 6.07) is 2.77. The highest BCUT2D eigenvalue weighted by atomic mass is 16.6. The Balaban J connectivity index is 2.50. The molecule has 1 heterocycles. The largest absolute Gasteiger partial charge is 0.478 e. The summed E-state index contributed by atoms with van der Waals surface area (Å²) in [6.45, 7) is 4.83. The second-order valence-corrected chi connectivity index (χ2v) is 4.20. The van der Waals surface area contributed by atoms with Crippen LogP contribution in [0.15, 0.2) is 12.1 Å². The van der Waals surface area contributed by atoms with Gasteiger partial charge in [0.25, 0.3) is 0 Å². The summed E-state index contributed by atoms with van der Waals surface area (Å²) in [5.41, 5.74) is 5.25. The normalized spacial score (nSPS) is 10.5. The highest BCUT2D eigenvalue weighted by Gasteiger charge is 2.13. The number of aromatic nitrogens is 1. The molecule has 6 heteroatoms. The molecule has 0 amide bonds. The van der Waals surface area contributed by atoms with Crippen LogP contribution in [0.3, 0.4) is 0 Å². The van der Waals surface area contributed by atoms with E-state index < -0.39 is 4.92 Å². The first-order valence-electron chi connectivity index (χ1n) is 5.54. The van der Waals surface area contributed by atoms with Gasteiger partial charge < -0.3 is 10.5 Å². The molecular formula is C11H17N3O3. The lowest BCUT2D eigenvalue weighted by Gasteiger charge is -2.07. The zero-order valence-electron chi connectivity index (χ0n) is 10.0. The lowest BCUT2D eigenvalue weighted by atomic mass is 10.1. The van der Waals surface area contributed by atoms with Gasteiger partial charge in [-0.2, -0.15) is 4.98 Å². The summed E-state index contributed by atoms with van der Waals surface area (Å²) >= 11 is 0. The Kier molecular flexibility index (Phi) is 4.68. The molecule has 1 aromatic heterocycles. The van der Waals surface area contributed by atoms with Crippen LogP contribution >= 0.6 is 0 Å². The van der Waals surface area contributed by atoms with Crippen LogP contribution in [0.2, 0.25) is 0 Å². The molecular weight excluding hydrogens is 222 g/mol. The smallest absolute Gasteiger partial charge is 0.311 e. The average molecular weight is 239 g/mol. The summed E-state index contributed by atoms with van der Waals surface area (Å²) < 4.78 is 5.36. The zero-order chi connectivity index (χ0) is 12.8. The van der Waals surface area contributed by atoms with Crippen molar-refractivity contribution in [3.8, 4) is 5.88 Å². The first-order valence-corrected chi connectivity index (χ1v) is 5.54. The van der Waals surface area contributed by atoms with E-state index in [1.165, 1.54) is 12.1 Å². The van der Waals surface area contributed by atoms with E-state index in [2.05, 4.69) is 18.8 Å². The van der Waals surface area contributed by atoms with Crippen LogP contribution in [0, 0.1) is 16.0 Å². The third kappa shape index (κ3) is 4.26. The number of anilines is 1. The molecule has 2 N–H and O–H groups in total. The third-order valence-corrected chi connectivity index (χ3v) is 2.25. The fourth-order valence-corrected chi connectivity index (χ4v) is 1.35. The summed E-state index contributed by atoms with van der Waals surface area (Å²) in [4.78, 5) is 13.8. The number of hydrogen-bond donors (Lipinski definition) is 1. The second-order valence-electron chi connectivity index (χ2n) is 4.20. The maximum atomic E-state index is 10.5. The van der Waals surface area contributed by atoms with Crippen LogP contribution in [0.1, 0.15) is 26.7 Å². The number of nitrogen functional groups attached to an aromatic ring is 1. The number of nitrogens with two attached hydrogens (primary N) is 1. The Morgan fingerprint density at radius 2 is 2.24 bits per heavy atom. The molecule has 17 heavy (non-hydrogen) atoms. The molecule has 0 aromatic carbocycles. The maximum absolute atomic E-state index is 10.5. The van der Waals surface area contributed by atoms with Gasteiger partial charge in [0.05, 0.1) is 11.5 Å². The van der Waals surface area contributed by atoms with Crippen molar-refractivity contribution < 1.29 is 9.66 Å². The van der Waals surface area contributed by atoms with Crippen LogP contribution in [0.25, 0.3) is 0 Å². The van der Waals surface area contributed by atoms with Gasteiger partial charge in [-0.1, -0.05) is 13.8 Å². The molecule has 0 atom stereocenters. The first kappa shape index (κ1) is 13.2. The molecule has 0 aliphatic heterocycles. The van der Waals surface area contributed by atoms with Gasteiger partial charge in [0.2, 0.25) is 11.7 Å². The molecule has 0 saturated carbocycles. The van der Waals surface area contributed by atoms with E-state index in [0.717, 1.165) is 12.8 Å². The first-order chi connectivity index (χ1) is 8.00. The van der Waals surface area contributed by atoms with Crippen molar-refractivity contribution in [2.45, 2.75) is 26.7 Å². The van der Waals surface area contributed by atoms with Gasteiger partial charge in [-0.05, 0) is 18.8 Å². The fourth-order valence-electron chi connectivity index (χ4n) is 1.35. The SMILES string of the molecule is CC(C)CCCOc1ccc([N+](=O)[O-])c(N)n1. The standard InChI is InChI=1S/C11H17N3O3/c1-8(2)4-3-7-17-10-6-5-9(14(15)16)11(12)13-10/h5-6,8H,3-4,7H2,1-2H3,(H2,12,13). The van der Waals surface area contributed by atoms with Crippen molar-refractivity contribution in [2.24, 2.45) is 5.92 Å². The number of rotatable bonds is 6. The van der Waals surface area contributed by atoms with Gasteiger partial charge in [0, 0.05) is 12.1 Å². The topological polar surface area (TPSA) is 91.3 Å². The van der Waals surface area contributed by atoms with Gasteiger partial charge in [0.15, 0.2) is 0 Å². The summed E-state index contributed by atoms with van der Waals surface area (Å²) in [6.07, 6.45) is 2.00. The van der Waals surface area contributed by atoms with Crippen LogP contribution in [-0.2, 0) is 0 Å². The van der Waals surface area contributed by atoms with Crippen LogP contribution in [-0.4, -0.2) is 16.5 Å². The van der Waals surface area contributed by atoms with E-state index in [-0.39, 0.29) is 11.5 Å². The van der Waals surface area contributed by atoms with E-state index in [1.807, 2.05) is 0 Å². The van der Waals surface area contributed by atoms with E-state index >= 15 is 0 Å². The van der Waals surface area contributed by atoms with Crippen LogP contribution < -0.4 is 10.5 Å². The Labute approximate surface area is 99.9 Å². The summed E-state index contributed by atoms with van der Waals surface area (Å²) in [5, 5.41) is 10.5. The van der Waals surface area contributed by atoms with E-state index in [1.54, 1.807) is 0 Å². The van der Waals surface area contributed by atoms with Gasteiger partial charge >= 0.3 is 5.69 Å². The van der Waals surface area contributed by atoms with E-state index in [0.29, 0.717) is 18.4 Å². The van der Waals surface area contributed by atoms with Gasteiger partial charge in [-0.25, -0.2) is 0 Å². The molecule has 0 spiro atoms. The van der Waals surface area contributed by atoms with Crippen molar-refractivity contribution in [2.75, 3.05) is 12.3 Å². The lowest BCUT2D eigenvalue weighted by molar-refractivity contribution is -0.384. The summed E-state index contributed by atoms with van der Waals surface area (Å²) in [5.74, 6) is 0.849. The number of nitrogens with zero attached hydrogens (tertiary/aromatic N) is 2. The Morgan fingerprint density at radius 1 is 1.53 bits per heavy atom. The monoisotopic (exact) mass is 239 g/mol. The highest BCUT2D eigenvalue weighted by Crippen LogP contribution is 2.21. The average Bonchev–Trinajstić information content (AvgIpc) is 2.23. The minimum absolute atomic E-state index is 0.114. The van der Waals surface area contributed by atoms with E-state index in [4.69, 9.17) is 10.5 Å². The number of hydrogen-bond acceptors (Lipinski definition) is 5.